The standard InChI is InChI=1S/C19H22ClN5.HI/c1-2-21-19(23-13-15-6-5-7-16(20)12-15)22-10-9-17-14-25-11-4-3-8-18(25)24-17;/h3-8,11-12,14H,2,9-10,13H2,1H3,(H2,21,22,23);1H. The molecule has 7 heteroatoms. The number of aromatic nitrogens is 2. The van der Waals surface area contributed by atoms with Gasteiger partial charge in [-0.25, -0.2) is 9.98 Å². The zero-order valence-electron chi connectivity index (χ0n) is 14.7. The number of hydrogen-bond donors (Lipinski definition) is 2. The average Bonchev–Trinajstić information content (AvgIpc) is 3.02. The monoisotopic (exact) mass is 483 g/mol. The van der Waals surface area contributed by atoms with E-state index < -0.39 is 0 Å². The van der Waals surface area contributed by atoms with Crippen LogP contribution < -0.4 is 10.6 Å². The van der Waals surface area contributed by atoms with Gasteiger partial charge in [0.15, 0.2) is 5.96 Å². The molecule has 0 unspecified atom stereocenters. The van der Waals surface area contributed by atoms with Gasteiger partial charge in [-0.2, -0.15) is 0 Å². The predicted octanol–water partition coefficient (Wildman–Crippen LogP) is 3.90. The normalized spacial score (nSPS) is 11.2. The lowest BCUT2D eigenvalue weighted by atomic mass is 10.2. The molecule has 0 aliphatic rings. The Kier molecular flexibility index (Phi) is 8.18. The van der Waals surface area contributed by atoms with Crippen LogP contribution in [-0.4, -0.2) is 28.4 Å². The Balaban J connectivity index is 0.00000243. The summed E-state index contributed by atoms with van der Waals surface area (Å²) in [6.07, 6.45) is 4.91. The molecule has 138 valence electrons. The van der Waals surface area contributed by atoms with Crippen LogP contribution in [0.5, 0.6) is 0 Å². The van der Waals surface area contributed by atoms with Crippen molar-refractivity contribution in [3.63, 3.8) is 0 Å². The molecule has 1 aromatic carbocycles. The number of halogens is 2. The van der Waals surface area contributed by atoms with Gasteiger partial charge in [-0.15, -0.1) is 24.0 Å². The summed E-state index contributed by atoms with van der Waals surface area (Å²) in [5, 5.41) is 7.35. The van der Waals surface area contributed by atoms with Crippen molar-refractivity contribution in [1.29, 1.82) is 0 Å². The van der Waals surface area contributed by atoms with Crippen LogP contribution in [0, 0.1) is 0 Å². The second-order valence-corrected chi connectivity index (χ2v) is 6.14. The molecule has 0 aliphatic carbocycles. The minimum absolute atomic E-state index is 0. The number of fused-ring (bicyclic) bond motifs is 1. The molecule has 3 rings (SSSR count). The fourth-order valence-electron chi connectivity index (χ4n) is 2.56. The van der Waals surface area contributed by atoms with E-state index >= 15 is 0 Å². The first kappa shape index (κ1) is 20.5. The average molecular weight is 484 g/mol. The number of nitrogens with zero attached hydrogens (tertiary/aromatic N) is 3. The Morgan fingerprint density at radius 1 is 1.19 bits per heavy atom. The molecule has 3 aromatic rings. The highest BCUT2D eigenvalue weighted by molar-refractivity contribution is 14.0. The Morgan fingerprint density at radius 2 is 2.08 bits per heavy atom. The number of hydrogen-bond acceptors (Lipinski definition) is 2. The first-order valence-electron chi connectivity index (χ1n) is 8.44. The van der Waals surface area contributed by atoms with Crippen molar-refractivity contribution >= 4 is 47.2 Å². The van der Waals surface area contributed by atoms with Crippen molar-refractivity contribution in [2.24, 2.45) is 4.99 Å². The number of imidazole rings is 1. The molecule has 2 N–H and O–H groups in total. The lowest BCUT2D eigenvalue weighted by molar-refractivity contribution is 0.791. The Labute approximate surface area is 175 Å². The van der Waals surface area contributed by atoms with Gasteiger partial charge < -0.3 is 15.0 Å². The molecule has 0 radical (unpaired) electrons. The molecule has 0 bridgehead atoms. The zero-order valence-corrected chi connectivity index (χ0v) is 17.7. The van der Waals surface area contributed by atoms with Crippen molar-refractivity contribution in [3.8, 4) is 0 Å². The maximum Gasteiger partial charge on any atom is 0.191 e. The first-order chi connectivity index (χ1) is 12.2. The summed E-state index contributed by atoms with van der Waals surface area (Å²) in [7, 11) is 0. The molecular weight excluding hydrogens is 461 g/mol. The highest BCUT2D eigenvalue weighted by Crippen LogP contribution is 2.11. The summed E-state index contributed by atoms with van der Waals surface area (Å²) in [6.45, 7) is 4.23. The summed E-state index contributed by atoms with van der Waals surface area (Å²) in [5.41, 5.74) is 3.12. The second kappa shape index (κ2) is 10.4. The summed E-state index contributed by atoms with van der Waals surface area (Å²) in [4.78, 5) is 9.22. The lowest BCUT2D eigenvalue weighted by Crippen LogP contribution is -2.38. The molecule has 2 aromatic heterocycles. The van der Waals surface area contributed by atoms with Gasteiger partial charge in [-0.3, -0.25) is 0 Å². The maximum absolute atomic E-state index is 6.02. The van der Waals surface area contributed by atoms with Crippen LogP contribution in [0.3, 0.4) is 0 Å². The van der Waals surface area contributed by atoms with E-state index in [4.69, 9.17) is 11.6 Å². The van der Waals surface area contributed by atoms with Crippen molar-refractivity contribution in [2.75, 3.05) is 13.1 Å². The van der Waals surface area contributed by atoms with E-state index in [1.165, 1.54) is 0 Å². The van der Waals surface area contributed by atoms with Gasteiger partial charge in [0.25, 0.3) is 0 Å². The van der Waals surface area contributed by atoms with E-state index in [9.17, 15) is 0 Å². The van der Waals surface area contributed by atoms with Crippen LogP contribution in [0.2, 0.25) is 5.02 Å². The van der Waals surface area contributed by atoms with Crippen molar-refractivity contribution in [1.82, 2.24) is 20.0 Å². The molecule has 26 heavy (non-hydrogen) atoms. The lowest BCUT2D eigenvalue weighted by Gasteiger charge is -2.10. The molecular formula is C19H23ClIN5. The number of guanidine groups is 1. The van der Waals surface area contributed by atoms with Crippen LogP contribution in [0.4, 0.5) is 0 Å². The third-order valence-electron chi connectivity index (χ3n) is 3.74. The van der Waals surface area contributed by atoms with E-state index in [0.29, 0.717) is 6.54 Å². The maximum atomic E-state index is 6.02. The molecule has 0 saturated carbocycles. The molecule has 0 amide bonds. The minimum atomic E-state index is 0. The van der Waals surface area contributed by atoms with Crippen LogP contribution in [0.15, 0.2) is 59.9 Å². The molecule has 0 aliphatic heterocycles. The molecule has 0 atom stereocenters. The Bertz CT molecular complexity index is 829. The topological polar surface area (TPSA) is 53.7 Å². The molecule has 2 heterocycles. The van der Waals surface area contributed by atoms with E-state index in [0.717, 1.165) is 47.4 Å². The highest BCUT2D eigenvalue weighted by Gasteiger charge is 2.02. The number of nitrogens with one attached hydrogen (secondary N) is 2. The number of rotatable bonds is 6. The summed E-state index contributed by atoms with van der Waals surface area (Å²) in [6, 6.07) is 13.8. The van der Waals surface area contributed by atoms with E-state index in [-0.39, 0.29) is 24.0 Å². The van der Waals surface area contributed by atoms with Crippen LogP contribution in [0.25, 0.3) is 5.65 Å². The fraction of sp³-hybridized carbons (Fsp3) is 0.263. The van der Waals surface area contributed by atoms with Crippen molar-refractivity contribution in [3.05, 3.63) is 71.1 Å². The van der Waals surface area contributed by atoms with Crippen LogP contribution in [-0.2, 0) is 13.0 Å². The van der Waals surface area contributed by atoms with Crippen molar-refractivity contribution in [2.45, 2.75) is 19.9 Å². The van der Waals surface area contributed by atoms with Gasteiger partial charge in [0, 0.05) is 36.9 Å². The second-order valence-electron chi connectivity index (χ2n) is 5.70. The SMILES string of the molecule is CCNC(=NCc1cccc(Cl)c1)NCCc1cn2ccccc2n1.I. The Hall–Kier alpha value is -1.80. The summed E-state index contributed by atoms with van der Waals surface area (Å²) in [5.74, 6) is 0.797. The highest BCUT2D eigenvalue weighted by atomic mass is 127. The van der Waals surface area contributed by atoms with Crippen molar-refractivity contribution < 1.29 is 0 Å². The van der Waals surface area contributed by atoms with E-state index in [1.807, 2.05) is 53.1 Å². The van der Waals surface area contributed by atoms with Gasteiger partial charge in [0.05, 0.1) is 12.2 Å². The van der Waals surface area contributed by atoms with E-state index in [1.54, 1.807) is 0 Å². The molecule has 0 spiro atoms. The zero-order chi connectivity index (χ0) is 17.5. The molecule has 5 nitrogen and oxygen atoms in total. The Morgan fingerprint density at radius 3 is 2.85 bits per heavy atom. The number of aliphatic imine (C=N–C) groups is 1. The van der Waals surface area contributed by atoms with Gasteiger partial charge in [0.1, 0.15) is 5.65 Å². The molecule has 0 fully saturated rings. The van der Waals surface area contributed by atoms with Gasteiger partial charge in [-0.1, -0.05) is 29.8 Å². The summed E-state index contributed by atoms with van der Waals surface area (Å²) >= 11 is 6.02. The third-order valence-corrected chi connectivity index (χ3v) is 3.98. The smallest absolute Gasteiger partial charge is 0.191 e. The summed E-state index contributed by atoms with van der Waals surface area (Å²) < 4.78 is 2.04. The fourth-order valence-corrected chi connectivity index (χ4v) is 2.78. The number of benzene rings is 1. The third kappa shape index (κ3) is 5.88. The minimum Gasteiger partial charge on any atom is -0.357 e. The quantitative estimate of drug-likeness (QED) is 0.318. The number of pyridine rings is 1. The van der Waals surface area contributed by atoms with Crippen LogP contribution >= 0.6 is 35.6 Å². The molecule has 0 saturated heterocycles. The first-order valence-corrected chi connectivity index (χ1v) is 8.81. The largest absolute Gasteiger partial charge is 0.357 e. The van der Waals surface area contributed by atoms with Gasteiger partial charge >= 0.3 is 0 Å². The van der Waals surface area contributed by atoms with Gasteiger partial charge in [0.2, 0.25) is 0 Å². The van der Waals surface area contributed by atoms with E-state index in [2.05, 4.69) is 33.7 Å². The predicted molar refractivity (Wildman–Crippen MR) is 119 cm³/mol. The van der Waals surface area contributed by atoms with Crippen LogP contribution in [0.1, 0.15) is 18.2 Å². The van der Waals surface area contributed by atoms with Gasteiger partial charge in [-0.05, 0) is 36.8 Å².